The molecule has 1 aliphatic rings. The van der Waals surface area contributed by atoms with Crippen LogP contribution >= 0.6 is 0 Å². The van der Waals surface area contributed by atoms with Gasteiger partial charge >= 0.3 is 0 Å². The second-order valence-electron chi connectivity index (χ2n) is 5.55. The predicted octanol–water partition coefficient (Wildman–Crippen LogP) is 0.422. The van der Waals surface area contributed by atoms with Crippen molar-refractivity contribution in [2.75, 3.05) is 31.1 Å². The molecule has 23 heavy (non-hydrogen) atoms. The summed E-state index contributed by atoms with van der Waals surface area (Å²) in [6.45, 7) is 3.89. The number of carbonyl (C=O) groups is 2. The Morgan fingerprint density at radius 1 is 1.30 bits per heavy atom. The Hall–Kier alpha value is -2.62. The maximum Gasteiger partial charge on any atom is 0.223 e. The molecule has 2 amide bonds. The summed E-state index contributed by atoms with van der Waals surface area (Å²) in [6, 6.07) is 5.64. The fourth-order valence-electron chi connectivity index (χ4n) is 2.58. The first-order valence-electron chi connectivity index (χ1n) is 7.73. The number of rotatable bonds is 5. The number of nitriles is 1. The lowest BCUT2D eigenvalue weighted by atomic mass is 9.96. The van der Waals surface area contributed by atoms with Crippen molar-refractivity contribution in [1.82, 2.24) is 15.6 Å². The molecule has 7 heteroatoms. The molecule has 1 aromatic rings. The number of piperidine rings is 1. The summed E-state index contributed by atoms with van der Waals surface area (Å²) in [5, 5.41) is 14.3. The van der Waals surface area contributed by atoms with Crippen molar-refractivity contribution in [3.05, 3.63) is 23.9 Å². The number of amides is 2. The van der Waals surface area contributed by atoms with E-state index in [2.05, 4.69) is 26.6 Å². The summed E-state index contributed by atoms with van der Waals surface area (Å²) in [5.74, 6) is 0.792. The van der Waals surface area contributed by atoms with E-state index < -0.39 is 0 Å². The van der Waals surface area contributed by atoms with Gasteiger partial charge < -0.3 is 15.5 Å². The van der Waals surface area contributed by atoms with Crippen LogP contribution in [0.1, 0.15) is 25.3 Å². The summed E-state index contributed by atoms with van der Waals surface area (Å²) in [4.78, 5) is 29.2. The van der Waals surface area contributed by atoms with Crippen molar-refractivity contribution in [1.29, 1.82) is 5.26 Å². The van der Waals surface area contributed by atoms with Gasteiger partial charge in [0.2, 0.25) is 11.8 Å². The molecule has 0 bridgehead atoms. The molecule has 1 saturated heterocycles. The predicted molar refractivity (Wildman–Crippen MR) is 85.6 cm³/mol. The summed E-state index contributed by atoms with van der Waals surface area (Å²) >= 11 is 0. The molecule has 0 atom stereocenters. The molecule has 0 aromatic carbocycles. The van der Waals surface area contributed by atoms with Crippen LogP contribution in [0.15, 0.2) is 18.3 Å². The molecule has 0 unspecified atom stereocenters. The van der Waals surface area contributed by atoms with Crippen LogP contribution in [0.3, 0.4) is 0 Å². The van der Waals surface area contributed by atoms with Crippen LogP contribution in [0.4, 0.5) is 5.82 Å². The van der Waals surface area contributed by atoms with Crippen LogP contribution < -0.4 is 15.5 Å². The number of pyridine rings is 1. The lowest BCUT2D eigenvalue weighted by Crippen LogP contribution is -2.42. The Bertz CT molecular complexity index is 585. The summed E-state index contributed by atoms with van der Waals surface area (Å²) in [6.07, 6.45) is 3.11. The van der Waals surface area contributed by atoms with Crippen molar-refractivity contribution in [3.8, 4) is 6.07 Å². The van der Waals surface area contributed by atoms with Crippen molar-refractivity contribution in [3.63, 3.8) is 0 Å². The minimum absolute atomic E-state index is 0.00181. The number of aromatic nitrogens is 1. The third-order valence-electron chi connectivity index (χ3n) is 3.86. The zero-order chi connectivity index (χ0) is 16.7. The van der Waals surface area contributed by atoms with Gasteiger partial charge in [-0.3, -0.25) is 9.59 Å². The van der Waals surface area contributed by atoms with Gasteiger partial charge in [0.1, 0.15) is 11.9 Å². The van der Waals surface area contributed by atoms with E-state index in [0.29, 0.717) is 18.7 Å². The van der Waals surface area contributed by atoms with Crippen LogP contribution in [-0.2, 0) is 9.59 Å². The molecule has 0 spiro atoms. The summed E-state index contributed by atoms with van der Waals surface area (Å²) in [7, 11) is 0. The molecule has 7 nitrogen and oxygen atoms in total. The summed E-state index contributed by atoms with van der Waals surface area (Å²) < 4.78 is 0. The van der Waals surface area contributed by atoms with E-state index >= 15 is 0 Å². The van der Waals surface area contributed by atoms with Crippen molar-refractivity contribution >= 4 is 17.6 Å². The highest BCUT2D eigenvalue weighted by molar-refractivity contribution is 5.79. The number of anilines is 1. The molecule has 122 valence electrons. The van der Waals surface area contributed by atoms with E-state index in [0.717, 1.165) is 31.7 Å². The maximum atomic E-state index is 12.1. The SMILES string of the molecule is CC(=O)NCCNC(=O)C1CCN(c2ccc(C#N)cn2)CC1. The Kier molecular flexibility index (Phi) is 5.92. The minimum Gasteiger partial charge on any atom is -0.357 e. The Labute approximate surface area is 135 Å². The highest BCUT2D eigenvalue weighted by Crippen LogP contribution is 2.21. The van der Waals surface area contributed by atoms with Gasteiger partial charge in [0.15, 0.2) is 0 Å². The molecular weight excluding hydrogens is 294 g/mol. The second kappa shape index (κ2) is 8.13. The van der Waals surface area contributed by atoms with Crippen LogP contribution in [0.25, 0.3) is 0 Å². The largest absolute Gasteiger partial charge is 0.357 e. The van der Waals surface area contributed by atoms with Gasteiger partial charge in [0, 0.05) is 45.2 Å². The second-order valence-corrected chi connectivity index (χ2v) is 5.55. The highest BCUT2D eigenvalue weighted by atomic mass is 16.2. The molecule has 0 aliphatic carbocycles. The molecule has 1 aromatic heterocycles. The minimum atomic E-state index is -0.0949. The zero-order valence-electron chi connectivity index (χ0n) is 13.2. The maximum absolute atomic E-state index is 12.1. The van der Waals surface area contributed by atoms with E-state index in [9.17, 15) is 9.59 Å². The van der Waals surface area contributed by atoms with E-state index in [1.807, 2.05) is 6.07 Å². The molecule has 2 rings (SSSR count). The highest BCUT2D eigenvalue weighted by Gasteiger charge is 2.25. The smallest absolute Gasteiger partial charge is 0.223 e. The number of nitrogens with one attached hydrogen (secondary N) is 2. The number of carbonyl (C=O) groups excluding carboxylic acids is 2. The standard InChI is InChI=1S/C16H21N5O2/c1-12(22)18-6-7-19-16(23)14-4-8-21(9-5-14)15-3-2-13(10-17)11-20-15/h2-3,11,14H,4-9H2,1H3,(H,18,22)(H,19,23). The number of hydrogen-bond donors (Lipinski definition) is 2. The van der Waals surface area contributed by atoms with Crippen LogP contribution in [0, 0.1) is 17.2 Å². The van der Waals surface area contributed by atoms with Gasteiger partial charge in [-0.05, 0) is 25.0 Å². The molecular formula is C16H21N5O2. The van der Waals surface area contributed by atoms with E-state index in [1.54, 1.807) is 12.3 Å². The third kappa shape index (κ3) is 4.95. The van der Waals surface area contributed by atoms with E-state index in [1.165, 1.54) is 6.92 Å². The molecule has 2 N–H and O–H groups in total. The van der Waals surface area contributed by atoms with Gasteiger partial charge in [-0.25, -0.2) is 4.98 Å². The van der Waals surface area contributed by atoms with Gasteiger partial charge in [-0.2, -0.15) is 5.26 Å². The number of hydrogen-bond acceptors (Lipinski definition) is 5. The first-order valence-corrected chi connectivity index (χ1v) is 7.73. The first kappa shape index (κ1) is 16.7. The molecule has 0 radical (unpaired) electrons. The molecule has 2 heterocycles. The summed E-state index contributed by atoms with van der Waals surface area (Å²) in [5.41, 5.74) is 0.544. The van der Waals surface area contributed by atoms with Gasteiger partial charge in [0.25, 0.3) is 0 Å². The Morgan fingerprint density at radius 3 is 2.57 bits per heavy atom. The fraction of sp³-hybridized carbons (Fsp3) is 0.500. The molecule has 1 aliphatic heterocycles. The monoisotopic (exact) mass is 315 g/mol. The van der Waals surface area contributed by atoms with Crippen molar-refractivity contribution in [2.45, 2.75) is 19.8 Å². The lowest BCUT2D eigenvalue weighted by molar-refractivity contribution is -0.126. The normalized spacial score (nSPS) is 14.9. The first-order chi connectivity index (χ1) is 11.1. The third-order valence-corrected chi connectivity index (χ3v) is 3.86. The Balaban J connectivity index is 1.75. The van der Waals surface area contributed by atoms with E-state index in [-0.39, 0.29) is 17.7 Å². The molecule has 0 saturated carbocycles. The van der Waals surface area contributed by atoms with E-state index in [4.69, 9.17) is 5.26 Å². The fourth-order valence-corrected chi connectivity index (χ4v) is 2.58. The van der Waals surface area contributed by atoms with Crippen LogP contribution in [0.2, 0.25) is 0 Å². The topological polar surface area (TPSA) is 98.1 Å². The van der Waals surface area contributed by atoms with Crippen LogP contribution in [0.5, 0.6) is 0 Å². The average Bonchev–Trinajstić information content (AvgIpc) is 2.58. The number of nitrogens with zero attached hydrogens (tertiary/aromatic N) is 3. The van der Waals surface area contributed by atoms with Crippen LogP contribution in [-0.4, -0.2) is 43.0 Å². The van der Waals surface area contributed by atoms with Gasteiger partial charge in [-0.1, -0.05) is 0 Å². The lowest BCUT2D eigenvalue weighted by Gasteiger charge is -2.32. The van der Waals surface area contributed by atoms with Gasteiger partial charge in [0.05, 0.1) is 5.56 Å². The average molecular weight is 315 g/mol. The van der Waals surface area contributed by atoms with Crippen molar-refractivity contribution in [2.24, 2.45) is 5.92 Å². The van der Waals surface area contributed by atoms with Crippen molar-refractivity contribution < 1.29 is 9.59 Å². The Morgan fingerprint density at radius 2 is 2.00 bits per heavy atom. The zero-order valence-corrected chi connectivity index (χ0v) is 13.2. The quantitative estimate of drug-likeness (QED) is 0.768. The van der Waals surface area contributed by atoms with Gasteiger partial charge in [-0.15, -0.1) is 0 Å². The molecule has 1 fully saturated rings.